The molecule has 1 atom stereocenters. The molecular weight excluding hydrogens is 248 g/mol. The van der Waals surface area contributed by atoms with Gasteiger partial charge in [0.15, 0.2) is 0 Å². The van der Waals surface area contributed by atoms with Crippen LogP contribution >= 0.6 is 0 Å². The quantitative estimate of drug-likeness (QED) is 0.238. The van der Waals surface area contributed by atoms with Gasteiger partial charge in [-0.15, -0.1) is 6.58 Å². The molecule has 0 saturated carbocycles. The molecule has 0 bridgehead atoms. The van der Waals surface area contributed by atoms with Crippen LogP contribution in [0.2, 0.25) is 0 Å². The predicted octanol–water partition coefficient (Wildman–Crippen LogP) is 3.43. The topological polar surface area (TPSA) is 32.7 Å². The number of carbonyl (C=O) groups excluding carboxylic acids is 1. The first-order valence-electron chi connectivity index (χ1n) is 6.78. The third-order valence-corrected chi connectivity index (χ3v) is 3.09. The second-order valence-corrected chi connectivity index (χ2v) is 4.64. The normalized spacial score (nSPS) is 13.2. The van der Waals surface area contributed by atoms with Crippen LogP contribution in [-0.4, -0.2) is 30.1 Å². The first kappa shape index (κ1) is 15.9. The molecule has 0 spiro atoms. The summed E-state index contributed by atoms with van der Waals surface area (Å²) in [5.74, 6) is 0. The Labute approximate surface area is 121 Å². The Hall–Kier alpha value is -2.16. The second kappa shape index (κ2) is 8.86. The summed E-state index contributed by atoms with van der Waals surface area (Å²) in [6.45, 7) is 5.86. The Bertz CT molecular complexity index is 477. The standard InChI is InChI=1S/C17H22N2O/c1-4-5-10-15(2)19(3)18-17(13-9-14-20)16-11-7-6-8-12-16/h4,6-9,11-15H,1,5,10H2,2-3H3/b13-9-,18-17+. The number of hydrogen-bond donors (Lipinski definition) is 0. The number of rotatable bonds is 8. The van der Waals surface area contributed by atoms with Crippen molar-refractivity contribution < 1.29 is 4.79 Å². The number of allylic oxidation sites excluding steroid dienone is 3. The van der Waals surface area contributed by atoms with Crippen molar-refractivity contribution in [1.29, 1.82) is 0 Å². The number of aldehydes is 1. The lowest BCUT2D eigenvalue weighted by atomic mass is 10.1. The van der Waals surface area contributed by atoms with Gasteiger partial charge in [-0.3, -0.25) is 9.80 Å². The largest absolute Gasteiger partial charge is 0.299 e. The van der Waals surface area contributed by atoms with E-state index < -0.39 is 0 Å². The van der Waals surface area contributed by atoms with Crippen molar-refractivity contribution in [3.05, 3.63) is 60.7 Å². The number of hydrazone groups is 1. The van der Waals surface area contributed by atoms with Crippen molar-refractivity contribution >= 4 is 12.0 Å². The van der Waals surface area contributed by atoms with Crippen molar-refractivity contribution in [1.82, 2.24) is 5.01 Å². The zero-order chi connectivity index (χ0) is 14.8. The van der Waals surface area contributed by atoms with E-state index in [1.165, 1.54) is 6.08 Å². The Morgan fingerprint density at radius 3 is 2.70 bits per heavy atom. The van der Waals surface area contributed by atoms with Gasteiger partial charge >= 0.3 is 0 Å². The van der Waals surface area contributed by atoms with Gasteiger partial charge in [0.05, 0.1) is 5.71 Å². The Balaban J connectivity index is 2.92. The average Bonchev–Trinajstić information content (AvgIpc) is 2.49. The van der Waals surface area contributed by atoms with Gasteiger partial charge in [0, 0.05) is 18.7 Å². The van der Waals surface area contributed by atoms with Crippen LogP contribution < -0.4 is 0 Å². The van der Waals surface area contributed by atoms with Crippen LogP contribution in [0.4, 0.5) is 0 Å². The molecule has 1 rings (SSSR count). The van der Waals surface area contributed by atoms with E-state index in [4.69, 9.17) is 0 Å². The molecule has 3 nitrogen and oxygen atoms in total. The Kier molecular flexibility index (Phi) is 7.04. The van der Waals surface area contributed by atoms with Gasteiger partial charge in [0.25, 0.3) is 0 Å². The Morgan fingerprint density at radius 1 is 1.40 bits per heavy atom. The van der Waals surface area contributed by atoms with Crippen molar-refractivity contribution in [3.8, 4) is 0 Å². The fourth-order valence-corrected chi connectivity index (χ4v) is 1.74. The first-order valence-corrected chi connectivity index (χ1v) is 6.78. The zero-order valence-electron chi connectivity index (χ0n) is 12.2. The van der Waals surface area contributed by atoms with E-state index in [0.717, 1.165) is 30.4 Å². The third-order valence-electron chi connectivity index (χ3n) is 3.09. The highest BCUT2D eigenvalue weighted by Gasteiger charge is 2.07. The van der Waals surface area contributed by atoms with Gasteiger partial charge in [-0.05, 0) is 31.9 Å². The van der Waals surface area contributed by atoms with E-state index >= 15 is 0 Å². The van der Waals surface area contributed by atoms with Gasteiger partial charge in [-0.2, -0.15) is 5.10 Å². The minimum absolute atomic E-state index is 0.316. The highest BCUT2D eigenvalue weighted by Crippen LogP contribution is 2.09. The second-order valence-electron chi connectivity index (χ2n) is 4.64. The molecule has 1 aromatic rings. The van der Waals surface area contributed by atoms with Crippen LogP contribution in [0.5, 0.6) is 0 Å². The molecule has 0 saturated heterocycles. The lowest BCUT2D eigenvalue weighted by Gasteiger charge is -2.22. The summed E-state index contributed by atoms with van der Waals surface area (Å²) >= 11 is 0. The summed E-state index contributed by atoms with van der Waals surface area (Å²) < 4.78 is 0. The molecule has 0 aliphatic carbocycles. The molecule has 3 heteroatoms. The van der Waals surface area contributed by atoms with E-state index in [0.29, 0.717) is 6.04 Å². The molecular formula is C17H22N2O. The molecule has 0 fully saturated rings. The zero-order valence-corrected chi connectivity index (χ0v) is 12.2. The lowest BCUT2D eigenvalue weighted by Crippen LogP contribution is -2.25. The molecule has 1 aromatic carbocycles. The van der Waals surface area contributed by atoms with Crippen LogP contribution in [0.25, 0.3) is 0 Å². The van der Waals surface area contributed by atoms with Crippen molar-refractivity contribution in [3.63, 3.8) is 0 Å². The number of nitrogens with zero attached hydrogens (tertiary/aromatic N) is 2. The van der Waals surface area contributed by atoms with E-state index in [9.17, 15) is 4.79 Å². The maximum Gasteiger partial charge on any atom is 0.142 e. The molecule has 106 valence electrons. The molecule has 0 radical (unpaired) electrons. The summed E-state index contributed by atoms with van der Waals surface area (Å²) in [5, 5.41) is 6.54. The molecule has 0 heterocycles. The summed E-state index contributed by atoms with van der Waals surface area (Å²) in [4.78, 5) is 10.5. The smallest absolute Gasteiger partial charge is 0.142 e. The van der Waals surface area contributed by atoms with Crippen molar-refractivity contribution in [2.45, 2.75) is 25.8 Å². The molecule has 0 aliphatic heterocycles. The van der Waals surface area contributed by atoms with Crippen LogP contribution in [0.1, 0.15) is 25.3 Å². The van der Waals surface area contributed by atoms with Gasteiger partial charge in [-0.1, -0.05) is 36.4 Å². The van der Waals surface area contributed by atoms with E-state index in [1.54, 1.807) is 6.08 Å². The van der Waals surface area contributed by atoms with Crippen molar-refractivity contribution in [2.24, 2.45) is 5.10 Å². The summed E-state index contributed by atoms with van der Waals surface area (Å²) in [6.07, 6.45) is 7.85. The van der Waals surface area contributed by atoms with Gasteiger partial charge in [0.1, 0.15) is 6.29 Å². The SMILES string of the molecule is C=CCCC(C)N(C)/N=C(\C=C/C=O)c1ccccc1. The Morgan fingerprint density at radius 2 is 2.10 bits per heavy atom. The average molecular weight is 270 g/mol. The fourth-order valence-electron chi connectivity index (χ4n) is 1.74. The van der Waals surface area contributed by atoms with Crippen LogP contribution in [0.3, 0.4) is 0 Å². The first-order chi connectivity index (χ1) is 9.69. The molecule has 0 aliphatic rings. The van der Waals surface area contributed by atoms with Gasteiger partial charge in [-0.25, -0.2) is 0 Å². The molecule has 0 amide bonds. The summed E-state index contributed by atoms with van der Waals surface area (Å²) in [6, 6.07) is 10.2. The van der Waals surface area contributed by atoms with E-state index in [1.807, 2.05) is 48.5 Å². The molecule has 0 aromatic heterocycles. The lowest BCUT2D eigenvalue weighted by molar-refractivity contribution is -0.104. The number of benzene rings is 1. The number of hydrogen-bond acceptors (Lipinski definition) is 3. The van der Waals surface area contributed by atoms with Crippen LogP contribution in [-0.2, 0) is 4.79 Å². The van der Waals surface area contributed by atoms with Crippen molar-refractivity contribution in [2.75, 3.05) is 7.05 Å². The minimum Gasteiger partial charge on any atom is -0.299 e. The maximum atomic E-state index is 10.5. The fraction of sp³-hybridized carbons (Fsp3) is 0.294. The van der Waals surface area contributed by atoms with E-state index in [2.05, 4.69) is 18.6 Å². The summed E-state index contributed by atoms with van der Waals surface area (Å²) in [5.41, 5.74) is 1.78. The monoisotopic (exact) mass is 270 g/mol. The molecule has 0 N–H and O–H groups in total. The minimum atomic E-state index is 0.316. The highest BCUT2D eigenvalue weighted by molar-refractivity contribution is 6.09. The molecule has 1 unspecified atom stereocenters. The summed E-state index contributed by atoms with van der Waals surface area (Å²) in [7, 11) is 1.95. The van der Waals surface area contributed by atoms with Crippen LogP contribution in [0.15, 0.2) is 60.2 Å². The third kappa shape index (κ3) is 5.22. The predicted molar refractivity (Wildman–Crippen MR) is 84.8 cm³/mol. The molecule has 20 heavy (non-hydrogen) atoms. The number of carbonyl (C=O) groups is 1. The van der Waals surface area contributed by atoms with Gasteiger partial charge < -0.3 is 0 Å². The van der Waals surface area contributed by atoms with Gasteiger partial charge in [0.2, 0.25) is 0 Å². The maximum absolute atomic E-state index is 10.5. The van der Waals surface area contributed by atoms with Crippen LogP contribution in [0, 0.1) is 0 Å². The highest BCUT2D eigenvalue weighted by atomic mass is 16.1. The van der Waals surface area contributed by atoms with E-state index in [-0.39, 0.29) is 0 Å².